The summed E-state index contributed by atoms with van der Waals surface area (Å²) in [5, 5.41) is 1.59. The van der Waals surface area contributed by atoms with Gasteiger partial charge in [0.15, 0.2) is 0 Å². The Balaban J connectivity index is 0.00000208. The molecule has 12 heteroatoms. The van der Waals surface area contributed by atoms with Gasteiger partial charge in [-0.05, 0) is 23.5 Å². The van der Waals surface area contributed by atoms with Gasteiger partial charge in [0.25, 0.3) is 0 Å². The largest absolute Gasteiger partial charge is 2.00 e. The van der Waals surface area contributed by atoms with E-state index in [1.807, 2.05) is 24.3 Å². The Morgan fingerprint density at radius 2 is 1.02 bits per heavy atom. The number of aromatic nitrogens is 6. The topological polar surface area (TPSA) is 87.8 Å². The minimum atomic E-state index is -0.496. The van der Waals surface area contributed by atoms with Crippen molar-refractivity contribution in [3.63, 3.8) is 0 Å². The maximum atomic E-state index is 14.6. The maximum absolute atomic E-state index is 14.6. The summed E-state index contributed by atoms with van der Waals surface area (Å²) in [4.78, 5) is 21.2. The summed E-state index contributed by atoms with van der Waals surface area (Å²) in [6.07, 6.45) is 6.00. The van der Waals surface area contributed by atoms with E-state index in [1.165, 1.54) is 36.9 Å². The molecule has 0 aliphatic heterocycles. The van der Waals surface area contributed by atoms with Crippen molar-refractivity contribution < 1.29 is 59.1 Å². The fourth-order valence-electron chi connectivity index (χ4n) is 5.18. The third kappa shape index (κ3) is 7.00. The van der Waals surface area contributed by atoms with Crippen LogP contribution >= 0.6 is 0 Å². The third-order valence-corrected chi connectivity index (χ3v) is 7.15. The van der Waals surface area contributed by atoms with Crippen LogP contribution in [0, 0.1) is 35.9 Å². The molecule has 8 aromatic rings. The second kappa shape index (κ2) is 14.5. The molecule has 0 radical (unpaired) electrons. The molecule has 242 valence electrons. The van der Waals surface area contributed by atoms with Crippen molar-refractivity contribution in [3.8, 4) is 51.5 Å². The summed E-state index contributed by atoms with van der Waals surface area (Å²) < 4.78 is 43.1. The molecule has 0 atom stereocenters. The number of pyridine rings is 2. The smallest absolute Gasteiger partial charge is 0.503 e. The molecule has 0 saturated carbocycles. The van der Waals surface area contributed by atoms with Gasteiger partial charge in [-0.2, -0.15) is 22.9 Å². The molecule has 49 heavy (non-hydrogen) atoms. The van der Waals surface area contributed by atoms with E-state index >= 15 is 0 Å². The molecule has 4 heterocycles. The number of hydrogen-bond donors (Lipinski definition) is 0. The summed E-state index contributed by atoms with van der Waals surface area (Å²) in [5.74, 6) is 0.223. The standard InChI is InChI=1S/C37H18F2N6O2.2Pd/c38-25-13-23(33-5-1-3-11-41-33)15-29(17-25)46-27-7-9-31-32-10-8-28(20-36(32)45(35(31)19-27)37-43-21-40-22-44-37)47-30-16-24(14-26(39)18-30)34-6-2-4-12-42-34;;/h1-14,17-18,21-22H;;/q-4;2*+2. The van der Waals surface area contributed by atoms with Gasteiger partial charge < -0.3 is 24.0 Å². The fraction of sp³-hybridized carbons (Fsp3) is 0. The molecule has 0 saturated heterocycles. The Morgan fingerprint density at radius 1 is 0.531 bits per heavy atom. The Hall–Kier alpha value is -5.23. The Labute approximate surface area is 306 Å². The van der Waals surface area contributed by atoms with Crippen molar-refractivity contribution in [3.05, 3.63) is 146 Å². The quantitative estimate of drug-likeness (QED) is 0.118. The zero-order valence-electron chi connectivity index (χ0n) is 24.8. The van der Waals surface area contributed by atoms with Crippen molar-refractivity contribution in [2.24, 2.45) is 0 Å². The molecular weight excluding hydrogens is 811 g/mol. The van der Waals surface area contributed by atoms with E-state index in [0.717, 1.165) is 10.8 Å². The molecule has 0 unspecified atom stereocenters. The van der Waals surface area contributed by atoms with Crippen LogP contribution in [0.3, 0.4) is 0 Å². The van der Waals surface area contributed by atoms with Crippen molar-refractivity contribution in [2.45, 2.75) is 0 Å². The number of halogens is 2. The van der Waals surface area contributed by atoms with Crippen LogP contribution in [-0.2, 0) is 40.8 Å². The van der Waals surface area contributed by atoms with Crippen molar-refractivity contribution in [2.75, 3.05) is 0 Å². The number of nitrogens with zero attached hydrogens (tertiary/aromatic N) is 6. The molecule has 0 bridgehead atoms. The summed E-state index contributed by atoms with van der Waals surface area (Å²) >= 11 is 0. The number of ether oxygens (including phenoxy) is 2. The molecule has 0 aliphatic rings. The van der Waals surface area contributed by atoms with Gasteiger partial charge in [-0.25, -0.2) is 23.7 Å². The number of benzene rings is 4. The van der Waals surface area contributed by atoms with Crippen LogP contribution in [0.2, 0.25) is 0 Å². The summed E-state index contributed by atoms with van der Waals surface area (Å²) in [7, 11) is 0. The maximum Gasteiger partial charge on any atom is 2.00 e. The van der Waals surface area contributed by atoms with Crippen LogP contribution in [0.1, 0.15) is 0 Å². The van der Waals surface area contributed by atoms with E-state index in [-0.39, 0.29) is 52.3 Å². The zero-order valence-corrected chi connectivity index (χ0v) is 27.9. The van der Waals surface area contributed by atoms with E-state index in [4.69, 9.17) is 9.47 Å². The molecule has 0 N–H and O–H groups in total. The molecule has 8 nitrogen and oxygen atoms in total. The summed E-state index contributed by atoms with van der Waals surface area (Å²) in [6.45, 7) is 0. The summed E-state index contributed by atoms with van der Waals surface area (Å²) in [5.41, 5.74) is 3.14. The predicted octanol–water partition coefficient (Wildman–Crippen LogP) is 8.15. The average Bonchev–Trinajstić information content (AvgIpc) is 3.41. The van der Waals surface area contributed by atoms with Crippen LogP contribution in [0.5, 0.6) is 23.0 Å². The first-order valence-corrected chi connectivity index (χ1v) is 14.3. The first-order valence-electron chi connectivity index (χ1n) is 14.3. The third-order valence-electron chi connectivity index (χ3n) is 7.15. The molecule has 8 rings (SSSR count). The van der Waals surface area contributed by atoms with Gasteiger partial charge in [0.1, 0.15) is 12.7 Å². The van der Waals surface area contributed by atoms with Crippen LogP contribution in [-0.4, -0.2) is 29.5 Å². The number of fused-ring (bicyclic) bond motifs is 3. The first-order chi connectivity index (χ1) is 23.1. The minimum Gasteiger partial charge on any atom is -0.503 e. The zero-order chi connectivity index (χ0) is 31.7. The van der Waals surface area contributed by atoms with E-state index in [0.29, 0.717) is 51.0 Å². The van der Waals surface area contributed by atoms with Crippen LogP contribution in [0.15, 0.2) is 110 Å². The molecule has 0 aliphatic carbocycles. The number of rotatable bonds is 7. The van der Waals surface area contributed by atoms with Crippen molar-refractivity contribution in [1.82, 2.24) is 29.5 Å². The van der Waals surface area contributed by atoms with E-state index < -0.39 is 11.6 Å². The van der Waals surface area contributed by atoms with Crippen molar-refractivity contribution >= 4 is 21.8 Å². The second-order valence-electron chi connectivity index (χ2n) is 10.2. The van der Waals surface area contributed by atoms with Gasteiger partial charge in [-0.1, -0.05) is 59.6 Å². The van der Waals surface area contributed by atoms with Crippen molar-refractivity contribution in [1.29, 1.82) is 0 Å². The SMILES string of the molecule is Fc1cc(Oc2[c-]c3c(cc2)c2ccc(Oc4[c-]c(-c5ccccn5)cc(F)c4)[c-]c2n3-c2ncncn2)[c-]c(-c2ccccn2)c1.[Pd+2].[Pd+2]. The summed E-state index contributed by atoms with van der Waals surface area (Å²) in [6, 6.07) is 35.7. The van der Waals surface area contributed by atoms with Gasteiger partial charge in [-0.15, -0.1) is 47.5 Å². The minimum absolute atomic E-state index is 0. The van der Waals surface area contributed by atoms with E-state index in [1.54, 1.807) is 53.4 Å². The predicted molar refractivity (Wildman–Crippen MR) is 169 cm³/mol. The molecule has 4 aromatic heterocycles. The van der Waals surface area contributed by atoms with Crippen LogP contribution in [0.4, 0.5) is 8.78 Å². The Bertz CT molecular complexity index is 2250. The molecule has 4 aromatic carbocycles. The Morgan fingerprint density at radius 3 is 1.47 bits per heavy atom. The second-order valence-corrected chi connectivity index (χ2v) is 10.2. The normalized spacial score (nSPS) is 10.7. The van der Waals surface area contributed by atoms with Gasteiger partial charge in [0.05, 0.1) is 0 Å². The molecule has 0 amide bonds. The monoisotopic (exact) mass is 828 g/mol. The number of hydrogen-bond acceptors (Lipinski definition) is 7. The Kier molecular flexibility index (Phi) is 9.96. The van der Waals surface area contributed by atoms with Gasteiger partial charge in [-0.3, -0.25) is 0 Å². The van der Waals surface area contributed by atoms with Gasteiger partial charge in [0.2, 0.25) is 5.95 Å². The average molecular weight is 829 g/mol. The molecule has 0 spiro atoms. The van der Waals surface area contributed by atoms with Gasteiger partial charge in [0, 0.05) is 47.0 Å². The molecular formula is C37H18F2N6O2Pd2. The van der Waals surface area contributed by atoms with Crippen LogP contribution in [0.25, 0.3) is 50.3 Å². The van der Waals surface area contributed by atoms with E-state index in [2.05, 4.69) is 49.2 Å². The van der Waals surface area contributed by atoms with Gasteiger partial charge >= 0.3 is 40.8 Å². The fourth-order valence-corrected chi connectivity index (χ4v) is 5.18. The molecule has 0 fully saturated rings. The van der Waals surface area contributed by atoms with Crippen LogP contribution < -0.4 is 9.47 Å². The van der Waals surface area contributed by atoms with E-state index in [9.17, 15) is 8.78 Å². The first kappa shape index (κ1) is 33.7.